The number of ether oxygens (including phenoxy) is 1. The Bertz CT molecular complexity index is 1710. The highest BCUT2D eigenvalue weighted by atomic mass is 32.2. The summed E-state index contributed by atoms with van der Waals surface area (Å²) in [6.45, 7) is 12.8. The van der Waals surface area contributed by atoms with Gasteiger partial charge in [-0.15, -0.1) is 29.7 Å². The van der Waals surface area contributed by atoms with Gasteiger partial charge in [0.1, 0.15) is 11.9 Å². The van der Waals surface area contributed by atoms with E-state index in [1.807, 2.05) is 6.08 Å². The van der Waals surface area contributed by atoms with Crippen molar-refractivity contribution in [3.63, 3.8) is 0 Å². The summed E-state index contributed by atoms with van der Waals surface area (Å²) in [6, 6.07) is 7.29. The third-order valence-electron chi connectivity index (χ3n) is 13.9. The predicted molar refractivity (Wildman–Crippen MR) is 208 cm³/mol. The summed E-state index contributed by atoms with van der Waals surface area (Å²) in [5.41, 5.74) is 4.77. The fourth-order valence-corrected chi connectivity index (χ4v) is 13.4. The van der Waals surface area contributed by atoms with Crippen LogP contribution < -0.4 is 10.5 Å². The van der Waals surface area contributed by atoms with Gasteiger partial charge in [0.05, 0.1) is 16.8 Å². The maximum atomic E-state index is 13.5. The molecule has 5 aliphatic rings. The SMILES string of the molecule is C=C[C@]1(C)C[C@@H](OC(=O)CS[C@H]2C[C@H]3CC[C@@H](C2)N3C)[C@]2(C)[C@H](C)CC[C@]3(CCC(=O)[C@H]32)[C@@H](C)[C@@H]1O.Nc1ccc(S(=O)(=O)Nc2nccs2)cc1. The quantitative estimate of drug-likeness (QED) is 0.149. The molecule has 52 heavy (non-hydrogen) atoms. The summed E-state index contributed by atoms with van der Waals surface area (Å²) < 4.78 is 32.4. The van der Waals surface area contributed by atoms with Crippen LogP contribution in [-0.2, 0) is 24.3 Å². The molecule has 7 rings (SSSR count). The second-order valence-electron chi connectivity index (χ2n) is 16.5. The van der Waals surface area contributed by atoms with Crippen molar-refractivity contribution < 1.29 is 27.9 Å². The Kier molecular flexibility index (Phi) is 11.3. The molecule has 4 N–H and O–H groups in total. The summed E-state index contributed by atoms with van der Waals surface area (Å²) in [7, 11) is -1.31. The van der Waals surface area contributed by atoms with E-state index in [4.69, 9.17) is 10.5 Å². The topological polar surface area (TPSA) is 152 Å². The average molecular weight is 773 g/mol. The number of benzene rings is 1. The number of carbonyl (C=O) groups is 2. The lowest BCUT2D eigenvalue weighted by atomic mass is 9.44. The number of nitrogens with two attached hydrogens (primary N) is 1. The molecule has 2 saturated heterocycles. The number of nitrogens with zero attached hydrogens (tertiary/aromatic N) is 2. The molecule has 2 aliphatic heterocycles. The van der Waals surface area contributed by atoms with E-state index in [1.54, 1.807) is 17.1 Å². The fraction of sp³-hybridized carbons (Fsp3) is 0.667. The van der Waals surface area contributed by atoms with E-state index in [0.29, 0.717) is 52.5 Å². The van der Waals surface area contributed by atoms with Crippen LogP contribution in [0.3, 0.4) is 0 Å². The van der Waals surface area contributed by atoms with Gasteiger partial charge in [-0.05, 0) is 99.9 Å². The lowest BCUT2D eigenvalue weighted by Crippen LogP contribution is -2.63. The summed E-state index contributed by atoms with van der Waals surface area (Å²) in [5.74, 6) is 0.605. The van der Waals surface area contributed by atoms with Crippen molar-refractivity contribution in [2.45, 2.75) is 120 Å². The van der Waals surface area contributed by atoms with Crippen LogP contribution in [0.4, 0.5) is 10.8 Å². The molecule has 0 radical (unpaired) electrons. The number of ketones is 1. The number of thioether (sulfide) groups is 1. The lowest BCUT2D eigenvalue weighted by Gasteiger charge is -2.61. The Labute approximate surface area is 317 Å². The molecule has 11 atom stereocenters. The molecule has 286 valence electrons. The number of fused-ring (bicyclic) bond motifs is 2. The molecular weight excluding hydrogens is 717 g/mol. The van der Waals surface area contributed by atoms with E-state index in [-0.39, 0.29) is 34.0 Å². The van der Waals surface area contributed by atoms with Crippen LogP contribution in [0.25, 0.3) is 0 Å². The highest BCUT2D eigenvalue weighted by Crippen LogP contribution is 2.68. The first kappa shape index (κ1) is 39.2. The number of nitrogens with one attached hydrogen (secondary N) is 1. The number of Topliss-reactive ketones (excluding diaryl/α,β-unsaturated/α-hetero) is 1. The van der Waals surface area contributed by atoms with Gasteiger partial charge in [-0.2, -0.15) is 0 Å². The van der Waals surface area contributed by atoms with Crippen molar-refractivity contribution >= 4 is 55.7 Å². The molecule has 13 heteroatoms. The number of aliphatic hydroxyl groups is 1. The number of sulfonamides is 1. The molecule has 2 aromatic rings. The zero-order valence-electron chi connectivity index (χ0n) is 31.1. The normalized spacial score (nSPS) is 38.6. The standard InChI is InChI=1S/C30H47NO4S.C9H9N3O2S2/c1-7-28(4)16-24(35-25(33)17-36-22-14-20-8-9-21(15-22)31(20)6)29(5)18(2)10-12-30(19(3)27(28)34)13-11-23(32)26(29)30;10-7-1-3-8(4-2-7)16(13,14)12-9-11-5-6-15-9/h7,18-22,24,26-27,34H,1,8-17H2,2-6H3;1-6H,10H2,(H,11,12)/t18-,19+,20-,21+,22+,24-,26+,27+,28-,29+,30+;/m1./s1. The van der Waals surface area contributed by atoms with Crippen molar-refractivity contribution in [1.82, 2.24) is 9.88 Å². The Balaban J connectivity index is 0.000000242. The number of rotatable bonds is 8. The summed E-state index contributed by atoms with van der Waals surface area (Å²) in [6.07, 6.45) is 11.1. The molecule has 1 aromatic heterocycles. The highest BCUT2D eigenvalue weighted by molar-refractivity contribution is 8.00. The van der Waals surface area contributed by atoms with Crippen molar-refractivity contribution in [2.75, 3.05) is 23.3 Å². The van der Waals surface area contributed by atoms with Gasteiger partial charge in [0.15, 0.2) is 5.13 Å². The Hall–Kier alpha value is -2.45. The number of aromatic nitrogens is 1. The van der Waals surface area contributed by atoms with E-state index >= 15 is 0 Å². The second kappa shape index (κ2) is 15.0. The zero-order chi connectivity index (χ0) is 37.6. The largest absolute Gasteiger partial charge is 0.461 e. The van der Waals surface area contributed by atoms with E-state index in [1.165, 1.54) is 54.6 Å². The number of thiazole rings is 1. The first-order chi connectivity index (χ1) is 24.5. The van der Waals surface area contributed by atoms with Gasteiger partial charge in [-0.1, -0.05) is 33.8 Å². The van der Waals surface area contributed by atoms with Crippen LogP contribution >= 0.6 is 23.1 Å². The fourth-order valence-electron chi connectivity index (χ4n) is 10.5. The lowest BCUT2D eigenvalue weighted by molar-refractivity contribution is -0.205. The van der Waals surface area contributed by atoms with E-state index in [9.17, 15) is 23.1 Å². The third kappa shape index (κ3) is 7.21. The Morgan fingerprint density at radius 3 is 2.46 bits per heavy atom. The maximum Gasteiger partial charge on any atom is 0.316 e. The molecule has 5 fully saturated rings. The molecular formula is C39H56N4O6S3. The number of esters is 1. The number of hydrogen-bond acceptors (Lipinski definition) is 11. The van der Waals surface area contributed by atoms with Gasteiger partial charge in [0.25, 0.3) is 10.0 Å². The number of anilines is 2. The molecule has 0 unspecified atom stereocenters. The molecule has 3 aliphatic carbocycles. The van der Waals surface area contributed by atoms with Gasteiger partial charge < -0.3 is 20.5 Å². The van der Waals surface area contributed by atoms with Crippen LogP contribution in [0.2, 0.25) is 0 Å². The molecule has 3 saturated carbocycles. The van der Waals surface area contributed by atoms with Crippen LogP contribution in [0.5, 0.6) is 0 Å². The summed E-state index contributed by atoms with van der Waals surface area (Å²) >= 11 is 2.99. The van der Waals surface area contributed by atoms with Crippen molar-refractivity contribution in [3.8, 4) is 0 Å². The van der Waals surface area contributed by atoms with E-state index in [0.717, 1.165) is 32.1 Å². The van der Waals surface area contributed by atoms with Crippen molar-refractivity contribution in [3.05, 3.63) is 48.5 Å². The number of aliphatic hydroxyl groups excluding tert-OH is 1. The van der Waals surface area contributed by atoms with Crippen LogP contribution in [-0.4, -0.2) is 77.5 Å². The summed E-state index contributed by atoms with van der Waals surface area (Å²) in [4.78, 5) is 33.5. The van der Waals surface area contributed by atoms with Gasteiger partial charge in [-0.3, -0.25) is 14.3 Å². The van der Waals surface area contributed by atoms with Gasteiger partial charge in [-0.25, -0.2) is 13.4 Å². The van der Waals surface area contributed by atoms with Gasteiger partial charge in [0, 0.05) is 57.8 Å². The number of carbonyl (C=O) groups excluding carboxylic acids is 2. The number of hydrogen-bond donors (Lipinski definition) is 3. The van der Waals surface area contributed by atoms with Crippen LogP contribution in [0.1, 0.15) is 85.5 Å². The maximum absolute atomic E-state index is 13.5. The molecule has 1 aromatic carbocycles. The average Bonchev–Trinajstić information content (AvgIpc) is 3.80. The van der Waals surface area contributed by atoms with E-state index < -0.39 is 33.1 Å². The molecule has 0 amide bonds. The first-order valence-electron chi connectivity index (χ1n) is 18.7. The minimum atomic E-state index is -3.56. The molecule has 10 nitrogen and oxygen atoms in total. The number of nitrogen functional groups attached to an aromatic ring is 1. The molecule has 4 bridgehead atoms. The molecule has 0 spiro atoms. The van der Waals surface area contributed by atoms with Crippen molar-refractivity contribution in [2.24, 2.45) is 34.0 Å². The highest BCUT2D eigenvalue weighted by Gasteiger charge is 2.68. The van der Waals surface area contributed by atoms with Crippen molar-refractivity contribution in [1.29, 1.82) is 0 Å². The third-order valence-corrected chi connectivity index (χ3v) is 17.3. The van der Waals surface area contributed by atoms with Crippen LogP contribution in [0, 0.1) is 34.0 Å². The molecule has 3 heterocycles. The smallest absolute Gasteiger partial charge is 0.316 e. The number of piperidine rings is 1. The Morgan fingerprint density at radius 1 is 1.17 bits per heavy atom. The van der Waals surface area contributed by atoms with Gasteiger partial charge >= 0.3 is 5.97 Å². The minimum absolute atomic E-state index is 0.00390. The minimum Gasteiger partial charge on any atom is -0.461 e. The zero-order valence-corrected chi connectivity index (χ0v) is 33.6. The predicted octanol–water partition coefficient (Wildman–Crippen LogP) is 6.78. The Morgan fingerprint density at radius 2 is 1.85 bits per heavy atom. The van der Waals surface area contributed by atoms with Crippen LogP contribution in [0.15, 0.2) is 53.4 Å². The second-order valence-corrected chi connectivity index (χ2v) is 20.4. The van der Waals surface area contributed by atoms with Gasteiger partial charge in [0.2, 0.25) is 0 Å². The monoisotopic (exact) mass is 772 g/mol. The summed E-state index contributed by atoms with van der Waals surface area (Å²) in [5, 5.41) is 14.2. The first-order valence-corrected chi connectivity index (χ1v) is 22.1. The van der Waals surface area contributed by atoms with E-state index in [2.05, 4.69) is 55.9 Å².